The molecule has 2 aromatic carbocycles. The third-order valence-electron chi connectivity index (χ3n) is 9.37. The number of nitrogens with one attached hydrogen (secondary N) is 4. The molecule has 340 valence electrons. The number of rotatable bonds is 20. The van der Waals surface area contributed by atoms with E-state index in [2.05, 4.69) is 96.4 Å². The molecule has 0 unspecified atom stereocenters. The van der Waals surface area contributed by atoms with Gasteiger partial charge in [0.25, 0.3) is 23.6 Å². The largest absolute Gasteiger partial charge is 0.507 e. The highest BCUT2D eigenvalue weighted by atomic mass is 32.1. The summed E-state index contributed by atoms with van der Waals surface area (Å²) in [6.07, 6.45) is 0. The van der Waals surface area contributed by atoms with Gasteiger partial charge in [0.15, 0.2) is 33.3 Å². The van der Waals surface area contributed by atoms with E-state index in [9.17, 15) is 29.4 Å². The number of hydrogen-bond donors (Lipinski definition) is 6. The monoisotopic (exact) mass is 900 g/mol. The van der Waals surface area contributed by atoms with Crippen molar-refractivity contribution in [3.8, 4) is 34.5 Å². The smallest absolute Gasteiger partial charge is 0.270 e. The van der Waals surface area contributed by atoms with E-state index in [1.165, 1.54) is 52.7 Å². The number of aromatic hydroxyl groups is 2. The van der Waals surface area contributed by atoms with Crippen LogP contribution in [0.4, 0.5) is 10.3 Å². The SMILES string of the molecule is COc1cc(O)c(C(=O)Nc2nc(C(=O)NCCN(C(C)C)C(C)C)cs2)cc1OC.COc1cc(O)c(C(=O)Nc2nc(C(=O)NCCN(C(C)C)C(C)C)cs2)cc1OC. The van der Waals surface area contributed by atoms with Gasteiger partial charge in [0.05, 0.1) is 39.6 Å². The van der Waals surface area contributed by atoms with Gasteiger partial charge in [-0.2, -0.15) is 0 Å². The number of benzene rings is 2. The molecule has 0 aliphatic carbocycles. The fourth-order valence-corrected chi connectivity index (χ4v) is 7.67. The Bertz CT molecular complexity index is 1960. The molecule has 18 nitrogen and oxygen atoms in total. The van der Waals surface area contributed by atoms with Crippen molar-refractivity contribution in [3.63, 3.8) is 0 Å². The minimum atomic E-state index is -0.579. The topological polar surface area (TPSA) is 226 Å². The van der Waals surface area contributed by atoms with Crippen LogP contribution in [-0.2, 0) is 0 Å². The van der Waals surface area contributed by atoms with Crippen LogP contribution in [0.3, 0.4) is 0 Å². The summed E-state index contributed by atoms with van der Waals surface area (Å²) in [5.41, 5.74) is 0.442. The molecular weight excluding hydrogens is 841 g/mol. The first kappa shape index (κ1) is 50.7. The first-order chi connectivity index (χ1) is 29.3. The molecule has 2 heterocycles. The van der Waals surface area contributed by atoms with Gasteiger partial charge in [-0.3, -0.25) is 39.6 Å². The molecule has 0 saturated heterocycles. The summed E-state index contributed by atoms with van der Waals surface area (Å²) in [4.78, 5) is 62.8. The van der Waals surface area contributed by atoms with Crippen LogP contribution in [0.15, 0.2) is 35.0 Å². The van der Waals surface area contributed by atoms with E-state index < -0.39 is 11.8 Å². The van der Waals surface area contributed by atoms with Gasteiger partial charge in [0.1, 0.15) is 22.9 Å². The minimum absolute atomic E-state index is 0.00122. The zero-order valence-corrected chi connectivity index (χ0v) is 39.0. The molecule has 0 spiro atoms. The molecule has 62 heavy (non-hydrogen) atoms. The Morgan fingerprint density at radius 3 is 1.15 bits per heavy atom. The standard InChI is InChI=1S/2C21H30N4O5S/c2*1-12(2)25(13(3)4)8-7-22-20(28)15-11-31-21(23-15)24-19(27)14-9-17(29-5)18(30-6)10-16(14)26/h2*9-13,26H,7-8H2,1-6H3,(H,22,28)(H,23,24,27). The highest BCUT2D eigenvalue weighted by Crippen LogP contribution is 2.35. The molecule has 0 atom stereocenters. The van der Waals surface area contributed by atoms with Crippen LogP contribution < -0.4 is 40.2 Å². The van der Waals surface area contributed by atoms with Crippen molar-refractivity contribution >= 4 is 56.6 Å². The van der Waals surface area contributed by atoms with E-state index >= 15 is 0 Å². The molecule has 0 radical (unpaired) electrons. The van der Waals surface area contributed by atoms with Gasteiger partial charge in [-0.15, -0.1) is 22.7 Å². The van der Waals surface area contributed by atoms with Gasteiger partial charge in [-0.1, -0.05) is 0 Å². The Hall–Kier alpha value is -5.70. The van der Waals surface area contributed by atoms with Crippen molar-refractivity contribution in [2.45, 2.75) is 79.6 Å². The number of ether oxygens (including phenoxy) is 4. The van der Waals surface area contributed by atoms with Gasteiger partial charge in [0.2, 0.25) is 0 Å². The Kier molecular flexibility index (Phi) is 19.7. The predicted octanol–water partition coefficient (Wildman–Crippen LogP) is 5.93. The lowest BCUT2D eigenvalue weighted by molar-refractivity contribution is 0.0928. The number of nitrogens with zero attached hydrogens (tertiary/aromatic N) is 4. The maximum Gasteiger partial charge on any atom is 0.270 e. The Morgan fingerprint density at radius 1 is 0.548 bits per heavy atom. The number of carbonyl (C=O) groups excluding carboxylic acids is 4. The lowest BCUT2D eigenvalue weighted by atomic mass is 10.1. The molecule has 4 aromatic rings. The second-order valence-corrected chi connectivity index (χ2v) is 16.5. The van der Waals surface area contributed by atoms with E-state index in [0.717, 1.165) is 35.8 Å². The highest BCUT2D eigenvalue weighted by molar-refractivity contribution is 7.14. The van der Waals surface area contributed by atoms with Crippen molar-refractivity contribution in [3.05, 3.63) is 57.5 Å². The molecule has 0 saturated carbocycles. The van der Waals surface area contributed by atoms with Crippen LogP contribution >= 0.6 is 22.7 Å². The molecule has 6 N–H and O–H groups in total. The number of aromatic nitrogens is 2. The van der Waals surface area contributed by atoms with Gasteiger partial charge in [0, 0.05) is 85.4 Å². The van der Waals surface area contributed by atoms with Crippen LogP contribution in [0.2, 0.25) is 0 Å². The van der Waals surface area contributed by atoms with Crippen molar-refractivity contribution < 1.29 is 48.3 Å². The van der Waals surface area contributed by atoms with E-state index in [4.69, 9.17) is 18.9 Å². The van der Waals surface area contributed by atoms with Crippen molar-refractivity contribution in [2.24, 2.45) is 0 Å². The van der Waals surface area contributed by atoms with Crippen LogP contribution in [0.5, 0.6) is 34.5 Å². The molecule has 0 aliphatic rings. The summed E-state index contributed by atoms with van der Waals surface area (Å²) in [6, 6.07) is 6.87. The number of hydrogen-bond acceptors (Lipinski definition) is 16. The second-order valence-electron chi connectivity index (χ2n) is 14.8. The number of methoxy groups -OCH3 is 4. The second kappa shape index (κ2) is 24.1. The van der Waals surface area contributed by atoms with Gasteiger partial charge < -0.3 is 39.8 Å². The quantitative estimate of drug-likeness (QED) is 0.0605. The summed E-state index contributed by atoms with van der Waals surface area (Å²) in [6.45, 7) is 19.4. The van der Waals surface area contributed by atoms with Crippen LogP contribution in [0.1, 0.15) is 97.1 Å². The third-order valence-corrected chi connectivity index (χ3v) is 10.9. The average Bonchev–Trinajstić information content (AvgIpc) is 3.90. The van der Waals surface area contributed by atoms with Crippen molar-refractivity contribution in [1.82, 2.24) is 30.4 Å². The number of phenols is 2. The molecule has 0 fully saturated rings. The zero-order valence-electron chi connectivity index (χ0n) is 37.4. The van der Waals surface area contributed by atoms with Crippen LogP contribution in [0.25, 0.3) is 0 Å². The number of anilines is 2. The number of phenolic OH excluding ortho intramolecular Hbond substituents is 2. The lowest BCUT2D eigenvalue weighted by Crippen LogP contribution is -2.42. The van der Waals surface area contributed by atoms with E-state index in [1.54, 1.807) is 10.8 Å². The summed E-state index contributed by atoms with van der Waals surface area (Å²) < 4.78 is 20.5. The fraction of sp³-hybridized carbons (Fsp3) is 0.476. The van der Waals surface area contributed by atoms with Gasteiger partial charge in [-0.25, -0.2) is 9.97 Å². The molecule has 0 bridgehead atoms. The van der Waals surface area contributed by atoms with E-state index in [0.29, 0.717) is 60.3 Å². The molecule has 2 aromatic heterocycles. The van der Waals surface area contributed by atoms with E-state index in [1.807, 2.05) is 0 Å². The Morgan fingerprint density at radius 2 is 0.855 bits per heavy atom. The van der Waals surface area contributed by atoms with Crippen molar-refractivity contribution in [2.75, 3.05) is 65.3 Å². The van der Waals surface area contributed by atoms with E-state index in [-0.39, 0.29) is 56.1 Å². The summed E-state index contributed by atoms with van der Waals surface area (Å²) in [7, 11) is 5.73. The highest BCUT2D eigenvalue weighted by Gasteiger charge is 2.22. The summed E-state index contributed by atoms with van der Waals surface area (Å²) >= 11 is 2.24. The average molecular weight is 901 g/mol. The molecule has 0 aliphatic heterocycles. The first-order valence-corrected chi connectivity index (χ1v) is 21.6. The van der Waals surface area contributed by atoms with Gasteiger partial charge in [-0.05, 0) is 55.4 Å². The molecule has 4 rings (SSSR count). The Labute approximate surface area is 370 Å². The van der Waals surface area contributed by atoms with Gasteiger partial charge >= 0.3 is 0 Å². The number of amides is 4. The molecule has 4 amide bonds. The minimum Gasteiger partial charge on any atom is -0.507 e. The van der Waals surface area contributed by atoms with Crippen LogP contribution in [-0.4, -0.2) is 132 Å². The normalized spacial score (nSPS) is 11.1. The third kappa shape index (κ3) is 14.2. The number of carbonyl (C=O) groups is 4. The predicted molar refractivity (Wildman–Crippen MR) is 241 cm³/mol. The van der Waals surface area contributed by atoms with Crippen molar-refractivity contribution in [1.29, 1.82) is 0 Å². The molecular formula is C42H60N8O10S2. The maximum atomic E-state index is 12.5. The first-order valence-electron chi connectivity index (χ1n) is 19.9. The zero-order chi connectivity index (χ0) is 46.3. The molecule has 20 heteroatoms. The summed E-state index contributed by atoms with van der Waals surface area (Å²) in [5, 5.41) is 34.8. The lowest BCUT2D eigenvalue weighted by Gasteiger charge is -2.30. The number of thiazole rings is 2. The summed E-state index contributed by atoms with van der Waals surface area (Å²) in [5.74, 6) is -1.07. The fourth-order valence-electron chi connectivity index (χ4n) is 6.30. The maximum absolute atomic E-state index is 12.5. The van der Waals surface area contributed by atoms with Crippen LogP contribution in [0, 0.1) is 0 Å². The Balaban J connectivity index is 0.000000330.